The summed E-state index contributed by atoms with van der Waals surface area (Å²) in [6.07, 6.45) is 0.778. The van der Waals surface area contributed by atoms with Gasteiger partial charge in [0.05, 0.1) is 6.61 Å². The molecule has 0 saturated carbocycles. The maximum Gasteiger partial charge on any atom is 0.172 e. The average molecular weight is 115 g/mol. The quantitative estimate of drug-likeness (QED) is 0.469. The standard InChI is InChI=1S/C5H9NO2/c1-5(4-7)6-2-3-8-5/h4,6H,2-3H2,1H3. The first-order valence-electron chi connectivity index (χ1n) is 2.62. The minimum Gasteiger partial charge on any atom is -0.352 e. The van der Waals surface area contributed by atoms with Crippen molar-refractivity contribution in [2.45, 2.75) is 12.6 Å². The average Bonchev–Trinajstić information content (AvgIpc) is 2.17. The molecule has 1 heterocycles. The first-order chi connectivity index (χ1) is 3.77. The zero-order valence-corrected chi connectivity index (χ0v) is 4.81. The monoisotopic (exact) mass is 115 g/mol. The Kier molecular flexibility index (Phi) is 1.31. The van der Waals surface area contributed by atoms with Crippen LogP contribution in [0.25, 0.3) is 0 Å². The first kappa shape index (κ1) is 5.72. The van der Waals surface area contributed by atoms with Gasteiger partial charge in [0.25, 0.3) is 0 Å². The Morgan fingerprint density at radius 2 is 2.62 bits per heavy atom. The van der Waals surface area contributed by atoms with E-state index in [1.807, 2.05) is 0 Å². The molecule has 0 aliphatic carbocycles. The van der Waals surface area contributed by atoms with E-state index in [4.69, 9.17) is 4.74 Å². The highest BCUT2D eigenvalue weighted by Gasteiger charge is 2.27. The van der Waals surface area contributed by atoms with E-state index < -0.39 is 5.72 Å². The summed E-state index contributed by atoms with van der Waals surface area (Å²) >= 11 is 0. The van der Waals surface area contributed by atoms with Crippen LogP contribution >= 0.6 is 0 Å². The van der Waals surface area contributed by atoms with E-state index in [9.17, 15) is 4.79 Å². The fraction of sp³-hybridized carbons (Fsp3) is 0.800. The number of hydrogen-bond donors (Lipinski definition) is 1. The number of carbonyl (C=O) groups excluding carboxylic acids is 1. The summed E-state index contributed by atoms with van der Waals surface area (Å²) < 4.78 is 5.01. The molecule has 1 rings (SSSR count). The molecule has 1 saturated heterocycles. The third kappa shape index (κ3) is 0.877. The van der Waals surface area contributed by atoms with Crippen molar-refractivity contribution in [2.24, 2.45) is 0 Å². The molecule has 0 spiro atoms. The maximum absolute atomic E-state index is 10.1. The van der Waals surface area contributed by atoms with Crippen molar-refractivity contribution in [3.63, 3.8) is 0 Å². The second kappa shape index (κ2) is 1.84. The van der Waals surface area contributed by atoms with Crippen molar-refractivity contribution in [2.75, 3.05) is 13.2 Å². The molecule has 1 aliphatic rings. The van der Waals surface area contributed by atoms with Gasteiger partial charge in [-0.2, -0.15) is 0 Å². The molecule has 1 N–H and O–H groups in total. The van der Waals surface area contributed by atoms with Crippen LogP contribution in [0.4, 0.5) is 0 Å². The highest BCUT2D eigenvalue weighted by Crippen LogP contribution is 2.05. The van der Waals surface area contributed by atoms with Crippen LogP contribution in [0.2, 0.25) is 0 Å². The minimum absolute atomic E-state index is 0.634. The van der Waals surface area contributed by atoms with Crippen molar-refractivity contribution in [3.8, 4) is 0 Å². The molecule has 46 valence electrons. The SMILES string of the molecule is CC1(C=O)NCCO1. The van der Waals surface area contributed by atoms with Crippen molar-refractivity contribution in [3.05, 3.63) is 0 Å². The van der Waals surface area contributed by atoms with E-state index in [1.54, 1.807) is 6.92 Å². The first-order valence-corrected chi connectivity index (χ1v) is 2.62. The predicted octanol–water partition coefficient (Wildman–Crippen LogP) is -0.479. The van der Waals surface area contributed by atoms with Gasteiger partial charge in [-0.1, -0.05) is 0 Å². The molecular weight excluding hydrogens is 106 g/mol. The van der Waals surface area contributed by atoms with Gasteiger partial charge < -0.3 is 4.74 Å². The molecule has 3 nitrogen and oxygen atoms in total. The summed E-state index contributed by atoms with van der Waals surface area (Å²) in [6, 6.07) is 0. The van der Waals surface area contributed by atoms with Gasteiger partial charge in [0.2, 0.25) is 0 Å². The van der Waals surface area contributed by atoms with Gasteiger partial charge in [-0.05, 0) is 6.92 Å². The van der Waals surface area contributed by atoms with Crippen molar-refractivity contribution in [1.82, 2.24) is 5.32 Å². The Morgan fingerprint density at radius 3 is 2.88 bits per heavy atom. The van der Waals surface area contributed by atoms with Crippen molar-refractivity contribution in [1.29, 1.82) is 0 Å². The van der Waals surface area contributed by atoms with Crippen molar-refractivity contribution < 1.29 is 9.53 Å². The van der Waals surface area contributed by atoms with Crippen LogP contribution in [0.3, 0.4) is 0 Å². The fourth-order valence-corrected chi connectivity index (χ4v) is 0.689. The van der Waals surface area contributed by atoms with Crippen molar-refractivity contribution >= 4 is 6.29 Å². The number of ether oxygens (including phenoxy) is 1. The molecule has 1 fully saturated rings. The normalized spacial score (nSPS) is 37.6. The molecule has 1 atom stereocenters. The zero-order chi connectivity index (χ0) is 6.04. The van der Waals surface area contributed by atoms with Crippen LogP contribution in [0.5, 0.6) is 0 Å². The van der Waals surface area contributed by atoms with E-state index in [1.165, 1.54) is 0 Å². The second-order valence-corrected chi connectivity index (χ2v) is 2.00. The van der Waals surface area contributed by atoms with Crippen LogP contribution in [-0.4, -0.2) is 25.2 Å². The van der Waals surface area contributed by atoms with Gasteiger partial charge in [-0.15, -0.1) is 0 Å². The van der Waals surface area contributed by atoms with E-state index >= 15 is 0 Å². The summed E-state index contributed by atoms with van der Waals surface area (Å²) in [7, 11) is 0. The topological polar surface area (TPSA) is 38.3 Å². The third-order valence-electron chi connectivity index (χ3n) is 1.20. The largest absolute Gasteiger partial charge is 0.352 e. The molecule has 3 heteroatoms. The summed E-state index contributed by atoms with van der Waals surface area (Å²) in [5.41, 5.74) is -0.694. The summed E-state index contributed by atoms with van der Waals surface area (Å²) in [6.45, 7) is 3.12. The predicted molar refractivity (Wildman–Crippen MR) is 28.4 cm³/mol. The molecule has 1 aliphatic heterocycles. The Morgan fingerprint density at radius 1 is 1.88 bits per heavy atom. The Hall–Kier alpha value is -0.410. The van der Waals surface area contributed by atoms with Crippen LogP contribution < -0.4 is 5.32 Å². The lowest BCUT2D eigenvalue weighted by Crippen LogP contribution is -2.38. The highest BCUT2D eigenvalue weighted by atomic mass is 16.5. The zero-order valence-electron chi connectivity index (χ0n) is 4.81. The number of hydrogen-bond acceptors (Lipinski definition) is 3. The summed E-state index contributed by atoms with van der Waals surface area (Å²) in [4.78, 5) is 10.1. The molecule has 0 amide bonds. The van der Waals surface area contributed by atoms with Gasteiger partial charge >= 0.3 is 0 Å². The number of aldehydes is 1. The number of nitrogens with one attached hydrogen (secondary N) is 1. The van der Waals surface area contributed by atoms with E-state index in [0.29, 0.717) is 6.61 Å². The molecule has 0 aromatic rings. The lowest BCUT2D eigenvalue weighted by atomic mass is 10.3. The Bertz CT molecular complexity index is 96.6. The fourth-order valence-electron chi connectivity index (χ4n) is 0.689. The van der Waals surface area contributed by atoms with Crippen LogP contribution in [0, 0.1) is 0 Å². The lowest BCUT2D eigenvalue weighted by molar-refractivity contribution is -0.125. The highest BCUT2D eigenvalue weighted by molar-refractivity contribution is 5.61. The lowest BCUT2D eigenvalue weighted by Gasteiger charge is -2.13. The molecule has 1 unspecified atom stereocenters. The van der Waals surface area contributed by atoms with Crippen LogP contribution in [0.1, 0.15) is 6.92 Å². The minimum atomic E-state index is -0.694. The van der Waals surface area contributed by atoms with Gasteiger partial charge in [-0.25, -0.2) is 0 Å². The van der Waals surface area contributed by atoms with Gasteiger partial charge in [-0.3, -0.25) is 10.1 Å². The molecule has 0 radical (unpaired) electrons. The molecule has 0 aromatic heterocycles. The molecule has 8 heavy (non-hydrogen) atoms. The summed E-state index contributed by atoms with van der Waals surface area (Å²) in [5, 5.41) is 2.89. The molecular formula is C5H9NO2. The summed E-state index contributed by atoms with van der Waals surface area (Å²) in [5.74, 6) is 0. The maximum atomic E-state index is 10.1. The van der Waals surface area contributed by atoms with Gasteiger partial charge in [0.15, 0.2) is 12.0 Å². The number of rotatable bonds is 1. The Labute approximate surface area is 48.0 Å². The second-order valence-electron chi connectivity index (χ2n) is 2.00. The van der Waals surface area contributed by atoms with Gasteiger partial charge in [0, 0.05) is 6.54 Å². The number of carbonyl (C=O) groups is 1. The smallest absolute Gasteiger partial charge is 0.172 e. The molecule has 0 aromatic carbocycles. The van der Waals surface area contributed by atoms with Gasteiger partial charge in [0.1, 0.15) is 0 Å². The third-order valence-corrected chi connectivity index (χ3v) is 1.20. The van der Waals surface area contributed by atoms with E-state index in [2.05, 4.69) is 5.32 Å². The molecule has 0 bridgehead atoms. The Balaban J connectivity index is 2.52. The van der Waals surface area contributed by atoms with Crippen LogP contribution in [-0.2, 0) is 9.53 Å². The van der Waals surface area contributed by atoms with E-state index in [0.717, 1.165) is 12.8 Å². The van der Waals surface area contributed by atoms with Crippen LogP contribution in [0.15, 0.2) is 0 Å². The van der Waals surface area contributed by atoms with E-state index in [-0.39, 0.29) is 0 Å².